The number of hydrogen-bond donors (Lipinski definition) is 0. The molecule has 6 heteroatoms. The number of thiazole rings is 1. The third kappa shape index (κ3) is 4.31. The van der Waals surface area contributed by atoms with Crippen molar-refractivity contribution in [2.45, 2.75) is 11.5 Å². The summed E-state index contributed by atoms with van der Waals surface area (Å²) < 4.78 is 16.2. The number of para-hydroxylation sites is 1. The normalized spacial score (nSPS) is 10.6. The first-order chi connectivity index (χ1) is 12.7. The minimum absolute atomic E-state index is 0.717. The summed E-state index contributed by atoms with van der Waals surface area (Å²) in [5, 5.41) is 3.05. The van der Waals surface area contributed by atoms with E-state index in [-0.39, 0.29) is 0 Å². The molecule has 0 aliphatic carbocycles. The first kappa shape index (κ1) is 18.6. The van der Waals surface area contributed by atoms with Gasteiger partial charge in [-0.05, 0) is 29.8 Å². The maximum Gasteiger partial charge on any atom is 0.170 e. The highest BCUT2D eigenvalue weighted by molar-refractivity contribution is 7.97. The molecule has 0 amide bonds. The van der Waals surface area contributed by atoms with Crippen LogP contribution in [0.2, 0.25) is 0 Å². The first-order valence-electron chi connectivity index (χ1n) is 8.11. The molecule has 0 saturated carbocycles. The van der Waals surface area contributed by atoms with Crippen LogP contribution in [0.15, 0.2) is 47.8 Å². The van der Waals surface area contributed by atoms with Crippen molar-refractivity contribution in [3.05, 3.63) is 59.1 Å². The fourth-order valence-electron chi connectivity index (χ4n) is 2.59. The van der Waals surface area contributed by atoms with Gasteiger partial charge in [0.05, 0.1) is 32.6 Å². The summed E-state index contributed by atoms with van der Waals surface area (Å²) in [6.45, 7) is 0. The van der Waals surface area contributed by atoms with Gasteiger partial charge in [0.2, 0.25) is 0 Å². The van der Waals surface area contributed by atoms with Crippen molar-refractivity contribution >= 4 is 23.1 Å². The molecule has 0 unspecified atom stereocenters. The Kier molecular flexibility index (Phi) is 6.41. The quantitative estimate of drug-likeness (QED) is 0.527. The molecule has 0 N–H and O–H groups in total. The smallest absolute Gasteiger partial charge is 0.170 e. The Labute approximate surface area is 162 Å². The Bertz CT molecular complexity index is 864. The van der Waals surface area contributed by atoms with Gasteiger partial charge in [-0.1, -0.05) is 18.2 Å². The van der Waals surface area contributed by atoms with Crippen LogP contribution >= 0.6 is 23.1 Å². The third-order valence-corrected chi connectivity index (χ3v) is 5.80. The Morgan fingerprint density at radius 2 is 1.81 bits per heavy atom. The molecule has 1 heterocycles. The number of ether oxygens (including phenoxy) is 3. The molecule has 1 aromatic heterocycles. The summed E-state index contributed by atoms with van der Waals surface area (Å²) in [5.41, 5.74) is 3.28. The van der Waals surface area contributed by atoms with Gasteiger partial charge in [-0.3, -0.25) is 0 Å². The largest absolute Gasteiger partial charge is 0.497 e. The average molecular weight is 388 g/mol. The minimum Gasteiger partial charge on any atom is -0.497 e. The Hall–Kier alpha value is -2.18. The standard InChI is InChI=1S/C20H21NO3S2/c1-22-16-7-4-6-14(10-16)11-25-12-15-13-26-20(21-15)17-8-5-9-18(23-2)19(17)24-3/h4-10,13H,11-12H2,1-3H3. The van der Waals surface area contributed by atoms with E-state index in [1.807, 2.05) is 42.1 Å². The molecule has 0 fully saturated rings. The zero-order valence-electron chi connectivity index (χ0n) is 15.0. The Morgan fingerprint density at radius 3 is 2.58 bits per heavy atom. The highest BCUT2D eigenvalue weighted by Gasteiger charge is 2.14. The molecule has 3 rings (SSSR count). The van der Waals surface area contributed by atoms with Crippen molar-refractivity contribution in [1.29, 1.82) is 0 Å². The third-order valence-electron chi connectivity index (χ3n) is 3.84. The van der Waals surface area contributed by atoms with Crippen LogP contribution in [0.25, 0.3) is 10.6 Å². The lowest BCUT2D eigenvalue weighted by molar-refractivity contribution is 0.356. The summed E-state index contributed by atoms with van der Waals surface area (Å²) >= 11 is 3.46. The lowest BCUT2D eigenvalue weighted by Gasteiger charge is -2.10. The molecule has 4 nitrogen and oxygen atoms in total. The number of rotatable bonds is 8. The summed E-state index contributed by atoms with van der Waals surface area (Å²) in [5.74, 6) is 4.12. The molecule has 26 heavy (non-hydrogen) atoms. The van der Waals surface area contributed by atoms with Gasteiger partial charge in [0.15, 0.2) is 11.5 Å². The van der Waals surface area contributed by atoms with Crippen LogP contribution in [0, 0.1) is 0 Å². The average Bonchev–Trinajstić information content (AvgIpc) is 3.16. The second kappa shape index (κ2) is 8.96. The number of hydrogen-bond acceptors (Lipinski definition) is 6. The van der Waals surface area contributed by atoms with E-state index < -0.39 is 0 Å². The SMILES string of the molecule is COc1cccc(CSCc2csc(-c3cccc(OC)c3OC)n2)c1. The maximum absolute atomic E-state index is 5.52. The van der Waals surface area contributed by atoms with E-state index in [0.717, 1.165) is 39.3 Å². The van der Waals surface area contributed by atoms with E-state index in [2.05, 4.69) is 17.5 Å². The van der Waals surface area contributed by atoms with Gasteiger partial charge in [-0.25, -0.2) is 4.98 Å². The molecule has 0 atom stereocenters. The van der Waals surface area contributed by atoms with Crippen molar-refractivity contribution < 1.29 is 14.2 Å². The highest BCUT2D eigenvalue weighted by atomic mass is 32.2. The van der Waals surface area contributed by atoms with Gasteiger partial charge < -0.3 is 14.2 Å². The van der Waals surface area contributed by atoms with Crippen molar-refractivity contribution in [1.82, 2.24) is 4.98 Å². The fraction of sp³-hybridized carbons (Fsp3) is 0.250. The van der Waals surface area contributed by atoms with Crippen molar-refractivity contribution in [2.75, 3.05) is 21.3 Å². The highest BCUT2D eigenvalue weighted by Crippen LogP contribution is 2.39. The summed E-state index contributed by atoms with van der Waals surface area (Å²) in [7, 11) is 4.99. The number of benzene rings is 2. The van der Waals surface area contributed by atoms with Crippen molar-refractivity contribution in [3.8, 4) is 27.8 Å². The van der Waals surface area contributed by atoms with E-state index in [1.165, 1.54) is 5.56 Å². The fourth-order valence-corrected chi connectivity index (χ4v) is 4.41. The Morgan fingerprint density at radius 1 is 0.962 bits per heavy atom. The summed E-state index contributed by atoms with van der Waals surface area (Å²) in [4.78, 5) is 4.77. The summed E-state index contributed by atoms with van der Waals surface area (Å²) in [6, 6.07) is 14.0. The predicted octanol–water partition coefficient (Wildman–Crippen LogP) is 5.27. The molecule has 0 radical (unpaired) electrons. The van der Waals surface area contributed by atoms with E-state index in [1.54, 1.807) is 32.7 Å². The second-order valence-electron chi connectivity index (χ2n) is 5.53. The van der Waals surface area contributed by atoms with Crippen molar-refractivity contribution in [2.24, 2.45) is 0 Å². The second-order valence-corrected chi connectivity index (χ2v) is 7.37. The number of nitrogens with zero attached hydrogens (tertiary/aromatic N) is 1. The van der Waals surface area contributed by atoms with Crippen LogP contribution in [0.3, 0.4) is 0 Å². The topological polar surface area (TPSA) is 40.6 Å². The molecular formula is C20H21NO3S2. The number of thioether (sulfide) groups is 1. The molecule has 0 aliphatic rings. The molecule has 0 spiro atoms. The first-order valence-corrected chi connectivity index (χ1v) is 10.1. The molecule has 2 aromatic carbocycles. The van der Waals surface area contributed by atoms with Crippen LogP contribution in [0.4, 0.5) is 0 Å². The number of methoxy groups -OCH3 is 3. The van der Waals surface area contributed by atoms with Gasteiger partial charge in [-0.2, -0.15) is 11.8 Å². The van der Waals surface area contributed by atoms with E-state index in [9.17, 15) is 0 Å². The minimum atomic E-state index is 0.717. The van der Waals surface area contributed by atoms with Gasteiger partial charge in [0.1, 0.15) is 10.8 Å². The maximum atomic E-state index is 5.52. The van der Waals surface area contributed by atoms with Gasteiger partial charge in [0, 0.05) is 16.9 Å². The molecule has 0 aliphatic heterocycles. The summed E-state index contributed by atoms with van der Waals surface area (Å²) in [6.07, 6.45) is 0. The molecule has 136 valence electrons. The molecule has 0 saturated heterocycles. The zero-order chi connectivity index (χ0) is 18.4. The lowest BCUT2D eigenvalue weighted by Crippen LogP contribution is -1.93. The van der Waals surface area contributed by atoms with Gasteiger partial charge in [0.25, 0.3) is 0 Å². The predicted molar refractivity (Wildman–Crippen MR) is 109 cm³/mol. The zero-order valence-corrected chi connectivity index (χ0v) is 16.7. The van der Waals surface area contributed by atoms with Crippen LogP contribution in [0.1, 0.15) is 11.3 Å². The van der Waals surface area contributed by atoms with Crippen LogP contribution in [-0.4, -0.2) is 26.3 Å². The van der Waals surface area contributed by atoms with E-state index in [0.29, 0.717) is 5.75 Å². The van der Waals surface area contributed by atoms with Crippen molar-refractivity contribution in [3.63, 3.8) is 0 Å². The van der Waals surface area contributed by atoms with Crippen LogP contribution < -0.4 is 14.2 Å². The lowest BCUT2D eigenvalue weighted by atomic mass is 10.2. The van der Waals surface area contributed by atoms with Crippen LogP contribution in [0.5, 0.6) is 17.2 Å². The van der Waals surface area contributed by atoms with E-state index >= 15 is 0 Å². The van der Waals surface area contributed by atoms with E-state index in [4.69, 9.17) is 19.2 Å². The van der Waals surface area contributed by atoms with Gasteiger partial charge >= 0.3 is 0 Å². The monoisotopic (exact) mass is 387 g/mol. The molecule has 0 bridgehead atoms. The molecular weight excluding hydrogens is 366 g/mol. The van der Waals surface area contributed by atoms with Gasteiger partial charge in [-0.15, -0.1) is 11.3 Å². The van der Waals surface area contributed by atoms with Crippen LogP contribution in [-0.2, 0) is 11.5 Å². The Balaban J connectivity index is 1.67. The number of aromatic nitrogens is 1. The molecule has 3 aromatic rings.